The Kier molecular flexibility index (Phi) is 5.01. The number of carboxylic acid groups (broad SMARTS) is 1. The highest BCUT2D eigenvalue weighted by Crippen LogP contribution is 2.28. The predicted octanol–water partition coefficient (Wildman–Crippen LogP) is 0.919. The van der Waals surface area contributed by atoms with Gasteiger partial charge in [-0.15, -0.1) is 0 Å². The summed E-state index contributed by atoms with van der Waals surface area (Å²) in [5.74, 6) is 0.0427. The number of carboxylic acids is 1. The molecular formula is C13H22N2O4. The number of aliphatic carboxylic acids is 1. The topological polar surface area (TPSA) is 78.9 Å². The third kappa shape index (κ3) is 5.06. The van der Waals surface area contributed by atoms with Crippen LogP contribution in [0.1, 0.15) is 25.7 Å². The zero-order chi connectivity index (χ0) is 13.7. The molecule has 1 aliphatic heterocycles. The number of ether oxygens (including phenoxy) is 1. The van der Waals surface area contributed by atoms with Crippen molar-refractivity contribution in [2.45, 2.75) is 25.7 Å². The van der Waals surface area contributed by atoms with Crippen LogP contribution in [0.4, 0.5) is 4.79 Å². The minimum absolute atomic E-state index is 0.0920. The molecule has 0 bridgehead atoms. The molecule has 0 spiro atoms. The third-order valence-electron chi connectivity index (χ3n) is 3.61. The van der Waals surface area contributed by atoms with E-state index in [4.69, 9.17) is 9.84 Å². The highest BCUT2D eigenvalue weighted by atomic mass is 16.5. The fourth-order valence-corrected chi connectivity index (χ4v) is 2.31. The fraction of sp³-hybridized carbons (Fsp3) is 0.846. The van der Waals surface area contributed by atoms with Crippen molar-refractivity contribution in [3.8, 4) is 0 Å². The SMILES string of the molecule is O=C(O)CC1CCN(C(=O)NCCOCC2CC2)C1. The van der Waals surface area contributed by atoms with Crippen LogP contribution in [0.15, 0.2) is 0 Å². The highest BCUT2D eigenvalue weighted by Gasteiger charge is 2.27. The number of hydrogen-bond donors (Lipinski definition) is 2. The molecule has 0 aromatic heterocycles. The first-order valence-electron chi connectivity index (χ1n) is 6.97. The first-order valence-corrected chi connectivity index (χ1v) is 6.97. The molecule has 6 heteroatoms. The van der Waals surface area contributed by atoms with E-state index in [1.807, 2.05) is 0 Å². The zero-order valence-electron chi connectivity index (χ0n) is 11.1. The van der Waals surface area contributed by atoms with E-state index in [0.29, 0.717) is 26.2 Å². The summed E-state index contributed by atoms with van der Waals surface area (Å²) in [7, 11) is 0. The Morgan fingerprint density at radius 3 is 2.74 bits per heavy atom. The minimum atomic E-state index is -0.791. The van der Waals surface area contributed by atoms with Gasteiger partial charge in [-0.3, -0.25) is 4.79 Å². The molecule has 2 amide bonds. The Labute approximate surface area is 113 Å². The van der Waals surface area contributed by atoms with Gasteiger partial charge < -0.3 is 20.1 Å². The third-order valence-corrected chi connectivity index (χ3v) is 3.61. The van der Waals surface area contributed by atoms with Crippen molar-refractivity contribution in [3.05, 3.63) is 0 Å². The summed E-state index contributed by atoms with van der Waals surface area (Å²) in [6, 6.07) is -0.108. The Morgan fingerprint density at radius 2 is 2.05 bits per heavy atom. The van der Waals surface area contributed by atoms with Crippen molar-refractivity contribution < 1.29 is 19.4 Å². The number of urea groups is 1. The molecule has 1 saturated heterocycles. The molecule has 1 saturated carbocycles. The van der Waals surface area contributed by atoms with Crippen LogP contribution in [-0.2, 0) is 9.53 Å². The zero-order valence-corrected chi connectivity index (χ0v) is 11.1. The average molecular weight is 270 g/mol. The molecule has 1 atom stereocenters. The van der Waals surface area contributed by atoms with Crippen molar-refractivity contribution in [2.24, 2.45) is 11.8 Å². The lowest BCUT2D eigenvalue weighted by Gasteiger charge is -2.17. The Morgan fingerprint density at radius 1 is 1.26 bits per heavy atom. The number of carbonyl (C=O) groups excluding carboxylic acids is 1. The van der Waals surface area contributed by atoms with E-state index < -0.39 is 5.97 Å². The summed E-state index contributed by atoms with van der Waals surface area (Å²) >= 11 is 0. The van der Waals surface area contributed by atoms with E-state index >= 15 is 0 Å². The Balaban J connectivity index is 1.54. The molecular weight excluding hydrogens is 248 g/mol. The normalized spacial score (nSPS) is 22.5. The van der Waals surface area contributed by atoms with Gasteiger partial charge in [0.25, 0.3) is 0 Å². The molecule has 2 fully saturated rings. The van der Waals surface area contributed by atoms with Gasteiger partial charge in [0.15, 0.2) is 0 Å². The van der Waals surface area contributed by atoms with Crippen molar-refractivity contribution in [3.63, 3.8) is 0 Å². The number of carbonyl (C=O) groups is 2. The predicted molar refractivity (Wildman–Crippen MR) is 68.9 cm³/mol. The van der Waals surface area contributed by atoms with Gasteiger partial charge in [-0.05, 0) is 31.1 Å². The number of nitrogens with one attached hydrogen (secondary N) is 1. The second kappa shape index (κ2) is 6.75. The Bertz CT molecular complexity index is 331. The number of rotatable bonds is 7. The van der Waals surface area contributed by atoms with Crippen LogP contribution in [0, 0.1) is 11.8 Å². The number of amides is 2. The molecule has 19 heavy (non-hydrogen) atoms. The number of hydrogen-bond acceptors (Lipinski definition) is 3. The van der Waals surface area contributed by atoms with E-state index in [1.165, 1.54) is 12.8 Å². The first kappa shape index (κ1) is 14.1. The van der Waals surface area contributed by atoms with Crippen molar-refractivity contribution in [2.75, 3.05) is 32.8 Å². The van der Waals surface area contributed by atoms with Gasteiger partial charge in [0, 0.05) is 32.7 Å². The molecule has 1 aliphatic carbocycles. The smallest absolute Gasteiger partial charge is 0.317 e. The van der Waals surface area contributed by atoms with E-state index in [9.17, 15) is 9.59 Å². The van der Waals surface area contributed by atoms with Crippen LogP contribution in [0.25, 0.3) is 0 Å². The molecule has 2 N–H and O–H groups in total. The summed E-state index contributed by atoms with van der Waals surface area (Å²) in [5.41, 5.74) is 0. The lowest BCUT2D eigenvalue weighted by Crippen LogP contribution is -2.40. The maximum absolute atomic E-state index is 11.8. The fourth-order valence-electron chi connectivity index (χ4n) is 2.31. The van der Waals surface area contributed by atoms with Crippen LogP contribution in [0.3, 0.4) is 0 Å². The molecule has 0 radical (unpaired) electrons. The summed E-state index contributed by atoms with van der Waals surface area (Å²) < 4.78 is 5.43. The minimum Gasteiger partial charge on any atom is -0.481 e. The quantitative estimate of drug-likeness (QED) is 0.674. The standard InChI is InChI=1S/C13H22N2O4/c16-12(17)7-11-3-5-15(8-11)13(18)14-4-6-19-9-10-1-2-10/h10-11H,1-9H2,(H,14,18)(H,16,17). The maximum Gasteiger partial charge on any atom is 0.317 e. The van der Waals surface area contributed by atoms with Crippen LogP contribution < -0.4 is 5.32 Å². The summed E-state index contributed by atoms with van der Waals surface area (Å²) in [4.78, 5) is 24.1. The van der Waals surface area contributed by atoms with E-state index in [2.05, 4.69) is 5.32 Å². The molecule has 1 heterocycles. The van der Waals surface area contributed by atoms with Gasteiger partial charge in [0.05, 0.1) is 6.61 Å². The molecule has 0 aromatic carbocycles. The van der Waals surface area contributed by atoms with Crippen LogP contribution >= 0.6 is 0 Å². The summed E-state index contributed by atoms with van der Waals surface area (Å²) in [6.45, 7) is 3.06. The van der Waals surface area contributed by atoms with Gasteiger partial charge >= 0.3 is 12.0 Å². The van der Waals surface area contributed by atoms with Crippen LogP contribution in [0.5, 0.6) is 0 Å². The van der Waals surface area contributed by atoms with Gasteiger partial charge in [0.2, 0.25) is 0 Å². The average Bonchev–Trinajstić information content (AvgIpc) is 3.06. The monoisotopic (exact) mass is 270 g/mol. The number of nitrogens with zero attached hydrogens (tertiary/aromatic N) is 1. The molecule has 1 unspecified atom stereocenters. The lowest BCUT2D eigenvalue weighted by atomic mass is 10.1. The van der Waals surface area contributed by atoms with Gasteiger partial charge in [-0.2, -0.15) is 0 Å². The maximum atomic E-state index is 11.8. The molecule has 108 valence electrons. The molecule has 0 aromatic rings. The van der Waals surface area contributed by atoms with Gasteiger partial charge in [-0.1, -0.05) is 0 Å². The van der Waals surface area contributed by atoms with Crippen LogP contribution in [-0.4, -0.2) is 54.9 Å². The van der Waals surface area contributed by atoms with Crippen molar-refractivity contribution in [1.82, 2.24) is 10.2 Å². The van der Waals surface area contributed by atoms with E-state index in [0.717, 1.165) is 18.9 Å². The Hall–Kier alpha value is -1.30. The van der Waals surface area contributed by atoms with E-state index in [-0.39, 0.29) is 18.4 Å². The lowest BCUT2D eigenvalue weighted by molar-refractivity contribution is -0.138. The molecule has 2 aliphatic rings. The largest absolute Gasteiger partial charge is 0.481 e. The van der Waals surface area contributed by atoms with Gasteiger partial charge in [-0.25, -0.2) is 4.79 Å². The highest BCUT2D eigenvalue weighted by molar-refractivity contribution is 5.74. The van der Waals surface area contributed by atoms with E-state index in [1.54, 1.807) is 4.90 Å². The van der Waals surface area contributed by atoms with Crippen LogP contribution in [0.2, 0.25) is 0 Å². The summed E-state index contributed by atoms with van der Waals surface area (Å²) in [5, 5.41) is 11.5. The van der Waals surface area contributed by atoms with Crippen molar-refractivity contribution in [1.29, 1.82) is 0 Å². The summed E-state index contributed by atoms with van der Waals surface area (Å²) in [6.07, 6.45) is 3.46. The van der Waals surface area contributed by atoms with Gasteiger partial charge in [0.1, 0.15) is 0 Å². The second-order valence-electron chi connectivity index (χ2n) is 5.45. The first-order chi connectivity index (χ1) is 9.15. The van der Waals surface area contributed by atoms with Crippen molar-refractivity contribution >= 4 is 12.0 Å². The molecule has 6 nitrogen and oxygen atoms in total. The number of likely N-dealkylation sites (tertiary alicyclic amines) is 1. The molecule has 2 rings (SSSR count). The second-order valence-corrected chi connectivity index (χ2v) is 5.45.